The van der Waals surface area contributed by atoms with Gasteiger partial charge in [0.05, 0.1) is 8.66 Å². The van der Waals surface area contributed by atoms with Crippen molar-refractivity contribution < 1.29 is 15.8 Å². The summed E-state index contributed by atoms with van der Waals surface area (Å²) in [4.78, 5) is 19.2. The summed E-state index contributed by atoms with van der Waals surface area (Å²) in [6.45, 7) is -5.87. The molecular formula is C20H25N3O. The number of rotatable bonds is 3. The zero-order valence-electron chi connectivity index (χ0n) is 21.5. The van der Waals surface area contributed by atoms with Crippen LogP contribution in [0.25, 0.3) is 16.5 Å². The van der Waals surface area contributed by atoms with Gasteiger partial charge in [-0.15, -0.1) is 0 Å². The van der Waals surface area contributed by atoms with Gasteiger partial charge in [-0.05, 0) is 49.9 Å². The summed E-state index contributed by atoms with van der Waals surface area (Å²) < 4.78 is 61.7. The van der Waals surface area contributed by atoms with E-state index in [1.807, 2.05) is 24.1 Å². The van der Waals surface area contributed by atoms with E-state index >= 15 is 0 Å². The third-order valence-corrected chi connectivity index (χ3v) is 5.11. The van der Waals surface area contributed by atoms with Crippen LogP contribution >= 0.6 is 0 Å². The van der Waals surface area contributed by atoms with E-state index in [2.05, 4.69) is 4.98 Å². The minimum Gasteiger partial charge on any atom is -0.361 e. The van der Waals surface area contributed by atoms with Crippen LogP contribution in [0.5, 0.6) is 0 Å². The SMILES string of the molecule is [2H]c1[nH]c2c([2H])ccc3c2c1C[C@@H]1C3=C[C@@H](C(=O)N(CC([2H])([2H])[2H])CC([2H])([2H])[2H])CN1C. The number of nitrogens with zero attached hydrogens (tertiary/aromatic N) is 2. The van der Waals surface area contributed by atoms with Gasteiger partial charge in [0.15, 0.2) is 0 Å². The van der Waals surface area contributed by atoms with E-state index in [0.717, 1.165) is 27.0 Å². The molecule has 1 N–H and O–H groups in total. The van der Waals surface area contributed by atoms with E-state index < -0.39 is 38.6 Å². The molecule has 1 aromatic heterocycles. The molecule has 1 aliphatic heterocycles. The van der Waals surface area contributed by atoms with Crippen LogP contribution in [0, 0.1) is 5.92 Å². The van der Waals surface area contributed by atoms with E-state index in [0.29, 0.717) is 24.5 Å². The van der Waals surface area contributed by atoms with Crippen LogP contribution in [0.2, 0.25) is 0 Å². The first kappa shape index (κ1) is 8.86. The molecule has 1 amide bonds. The first-order valence-electron chi connectivity index (χ1n) is 12.1. The van der Waals surface area contributed by atoms with Gasteiger partial charge in [0.2, 0.25) is 5.91 Å². The number of nitrogens with one attached hydrogen (secondary N) is 1. The van der Waals surface area contributed by atoms with E-state index in [9.17, 15) is 4.79 Å². The maximum atomic E-state index is 13.3. The predicted molar refractivity (Wildman–Crippen MR) is 97.8 cm³/mol. The molecule has 4 heteroatoms. The average molecular weight is 331 g/mol. The molecular weight excluding hydrogens is 298 g/mol. The molecule has 0 saturated carbocycles. The molecule has 0 saturated heterocycles. The summed E-state index contributed by atoms with van der Waals surface area (Å²) in [6.07, 6.45) is 2.66. The van der Waals surface area contributed by atoms with E-state index in [1.54, 1.807) is 6.07 Å². The number of benzene rings is 1. The Morgan fingerprint density at radius 3 is 3.12 bits per heavy atom. The highest BCUT2D eigenvalue weighted by Crippen LogP contribution is 2.40. The fourth-order valence-electron chi connectivity index (χ4n) is 3.88. The van der Waals surface area contributed by atoms with Crippen molar-refractivity contribution in [3.63, 3.8) is 0 Å². The van der Waals surface area contributed by atoms with Crippen LogP contribution in [0.1, 0.15) is 35.8 Å². The lowest BCUT2D eigenvalue weighted by Gasteiger charge is -2.40. The highest BCUT2D eigenvalue weighted by molar-refractivity contribution is 5.99. The lowest BCUT2D eigenvalue weighted by molar-refractivity contribution is -0.134. The van der Waals surface area contributed by atoms with Gasteiger partial charge in [-0.2, -0.15) is 0 Å². The Morgan fingerprint density at radius 2 is 2.33 bits per heavy atom. The van der Waals surface area contributed by atoms with Gasteiger partial charge < -0.3 is 9.88 Å². The molecule has 0 radical (unpaired) electrons. The Bertz CT molecular complexity index is 1080. The minimum atomic E-state index is -2.47. The van der Waals surface area contributed by atoms with Gasteiger partial charge in [-0.25, -0.2) is 0 Å². The number of aromatic amines is 1. The molecule has 0 unspecified atom stereocenters. The van der Waals surface area contributed by atoms with Crippen LogP contribution in [0.4, 0.5) is 0 Å². The molecule has 4 rings (SSSR count). The summed E-state index contributed by atoms with van der Waals surface area (Å²) in [5, 5.41) is 0.813. The maximum absolute atomic E-state index is 13.3. The third-order valence-electron chi connectivity index (χ3n) is 5.11. The van der Waals surface area contributed by atoms with E-state index in [4.69, 9.17) is 11.0 Å². The van der Waals surface area contributed by atoms with Crippen LogP contribution in [0.15, 0.2) is 30.4 Å². The first-order valence-corrected chi connectivity index (χ1v) is 8.07. The standard InChI is InChI=1S/C20H25N3O/c1-4-23(5-2)20(24)14-9-16-15-7-6-8-17-19(15)13(11-21-17)10-18(16)22(3)12-14/h6-9,11,14,18,21H,4-5,10,12H2,1-3H3/t14-,18-/m1/s1/i1D3,2D3,8D,11D. The van der Waals surface area contributed by atoms with Crippen molar-refractivity contribution in [1.82, 2.24) is 14.8 Å². The Balaban J connectivity index is 1.75. The summed E-state index contributed by atoms with van der Waals surface area (Å²) in [5.41, 5.74) is 3.16. The van der Waals surface area contributed by atoms with Crippen molar-refractivity contribution in [3.05, 3.63) is 41.6 Å². The molecule has 1 aliphatic carbocycles. The minimum absolute atomic E-state index is 0.0649. The van der Waals surface area contributed by atoms with Gasteiger partial charge in [0, 0.05) is 51.0 Å². The third kappa shape index (κ3) is 2.20. The summed E-state index contributed by atoms with van der Waals surface area (Å²) in [6, 6.07) is 3.70. The van der Waals surface area contributed by atoms with Crippen molar-refractivity contribution in [2.24, 2.45) is 5.92 Å². The second kappa shape index (κ2) is 5.78. The van der Waals surface area contributed by atoms with Gasteiger partial charge in [-0.1, -0.05) is 18.2 Å². The van der Waals surface area contributed by atoms with Crippen LogP contribution in [-0.2, 0) is 11.2 Å². The van der Waals surface area contributed by atoms with E-state index in [1.165, 1.54) is 0 Å². The zero-order chi connectivity index (χ0) is 23.6. The Kier molecular flexibility index (Phi) is 2.13. The molecule has 2 aromatic rings. The summed E-state index contributed by atoms with van der Waals surface area (Å²) in [7, 11) is 1.87. The largest absolute Gasteiger partial charge is 0.361 e. The molecule has 1 aromatic carbocycles. The van der Waals surface area contributed by atoms with Crippen molar-refractivity contribution in [2.45, 2.75) is 26.2 Å². The number of amides is 1. The molecule has 2 aliphatic rings. The lowest BCUT2D eigenvalue weighted by atomic mass is 9.79. The molecule has 0 fully saturated rings. The molecule has 4 nitrogen and oxygen atoms in total. The van der Waals surface area contributed by atoms with Crippen molar-refractivity contribution in [2.75, 3.05) is 26.7 Å². The number of carbonyl (C=O) groups is 1. The van der Waals surface area contributed by atoms with Crippen LogP contribution in [-0.4, -0.2) is 53.4 Å². The number of likely N-dealkylation sites (N-methyl/N-ethyl adjacent to an activating group) is 1. The summed E-state index contributed by atoms with van der Waals surface area (Å²) in [5.74, 6) is -1.22. The summed E-state index contributed by atoms with van der Waals surface area (Å²) >= 11 is 0. The van der Waals surface area contributed by atoms with Gasteiger partial charge in [0.1, 0.15) is 0 Å². The Hall–Kier alpha value is -2.07. The van der Waals surface area contributed by atoms with E-state index in [-0.39, 0.29) is 12.2 Å². The fraction of sp³-hybridized carbons (Fsp3) is 0.450. The molecule has 0 spiro atoms. The highest BCUT2D eigenvalue weighted by Gasteiger charge is 2.36. The van der Waals surface area contributed by atoms with Gasteiger partial charge in [0.25, 0.3) is 0 Å². The average Bonchev–Trinajstić information content (AvgIpc) is 2.99. The second-order valence-corrected chi connectivity index (χ2v) is 6.45. The quantitative estimate of drug-likeness (QED) is 0.939. The fourth-order valence-corrected chi connectivity index (χ4v) is 3.88. The molecule has 0 bridgehead atoms. The predicted octanol–water partition coefficient (Wildman–Crippen LogP) is 2.91. The molecule has 24 heavy (non-hydrogen) atoms. The number of H-pyrrole nitrogens is 1. The second-order valence-electron chi connectivity index (χ2n) is 6.45. The number of carbonyl (C=O) groups excluding carboxylic acids is 1. The molecule has 2 atom stereocenters. The smallest absolute Gasteiger partial charge is 0.230 e. The van der Waals surface area contributed by atoms with Crippen LogP contribution in [0.3, 0.4) is 0 Å². The normalized spacial score (nSPS) is 29.0. The maximum Gasteiger partial charge on any atom is 0.230 e. The topological polar surface area (TPSA) is 39.3 Å². The Morgan fingerprint density at radius 1 is 1.50 bits per heavy atom. The van der Waals surface area contributed by atoms with Crippen LogP contribution < -0.4 is 0 Å². The highest BCUT2D eigenvalue weighted by atomic mass is 16.2. The molecule has 2 heterocycles. The lowest BCUT2D eigenvalue weighted by Crippen LogP contribution is -2.47. The first-order chi connectivity index (χ1) is 14.7. The number of hydrogen-bond acceptors (Lipinski definition) is 2. The van der Waals surface area contributed by atoms with Gasteiger partial charge in [-0.3, -0.25) is 9.69 Å². The van der Waals surface area contributed by atoms with Crippen molar-refractivity contribution >= 4 is 22.4 Å². The zero-order valence-corrected chi connectivity index (χ0v) is 13.5. The Labute approximate surface area is 154 Å². The monoisotopic (exact) mass is 331 g/mol. The van der Waals surface area contributed by atoms with Crippen molar-refractivity contribution in [3.8, 4) is 0 Å². The van der Waals surface area contributed by atoms with Crippen molar-refractivity contribution in [1.29, 1.82) is 0 Å². The number of hydrogen-bond donors (Lipinski definition) is 1. The molecule has 126 valence electrons. The number of aromatic nitrogens is 1. The number of fused-ring (bicyclic) bond motifs is 2. The van der Waals surface area contributed by atoms with Gasteiger partial charge >= 0.3 is 0 Å².